The molecule has 0 unspecified atom stereocenters. The summed E-state index contributed by atoms with van der Waals surface area (Å²) in [6, 6.07) is 12.5. The summed E-state index contributed by atoms with van der Waals surface area (Å²) >= 11 is 0. The van der Waals surface area contributed by atoms with Crippen molar-refractivity contribution in [2.24, 2.45) is 0 Å². The van der Waals surface area contributed by atoms with E-state index in [0.717, 1.165) is 0 Å². The summed E-state index contributed by atoms with van der Waals surface area (Å²) in [5, 5.41) is 0. The van der Waals surface area contributed by atoms with E-state index in [-0.39, 0.29) is 10.8 Å². The highest BCUT2D eigenvalue weighted by Gasteiger charge is 2.17. The molecule has 0 aliphatic rings. The van der Waals surface area contributed by atoms with Crippen LogP contribution in [0.25, 0.3) is 0 Å². The third-order valence-corrected chi connectivity index (χ3v) is 4.93. The maximum Gasteiger partial charge on any atom is 0.261 e. The van der Waals surface area contributed by atoms with Gasteiger partial charge in [0.05, 0.1) is 12.0 Å². The number of ether oxygens (including phenoxy) is 1. The van der Waals surface area contributed by atoms with Gasteiger partial charge in [0.25, 0.3) is 15.9 Å². The number of methoxy groups -OCH3 is 1. The molecule has 0 heterocycles. The topological polar surface area (TPSA) is 75.7 Å². The normalized spacial score (nSPS) is 11.0. The lowest BCUT2D eigenvalue weighted by atomic mass is 10.2. The lowest BCUT2D eigenvalue weighted by Gasteiger charge is -2.15. The molecule has 2 rings (SSSR count). The number of sulfonamides is 1. The minimum absolute atomic E-state index is 0.0358. The second-order valence-corrected chi connectivity index (χ2v) is 6.86. The molecule has 0 radical (unpaired) electrons. The minimum Gasteiger partial charge on any atom is -0.497 e. The van der Waals surface area contributed by atoms with Gasteiger partial charge in [-0.25, -0.2) is 8.42 Å². The SMILES string of the molecule is CCN(C)C(=O)c1cccc(S(=O)(=O)Nc2ccc(OC)cc2)c1. The number of nitrogens with zero attached hydrogens (tertiary/aromatic N) is 1. The Morgan fingerprint density at radius 1 is 1.17 bits per heavy atom. The van der Waals surface area contributed by atoms with Crippen molar-refractivity contribution in [2.45, 2.75) is 11.8 Å². The third kappa shape index (κ3) is 4.05. The van der Waals surface area contributed by atoms with Gasteiger partial charge in [-0.1, -0.05) is 6.07 Å². The Morgan fingerprint density at radius 3 is 2.42 bits per heavy atom. The van der Waals surface area contributed by atoms with Gasteiger partial charge in [0.1, 0.15) is 5.75 Å². The Balaban J connectivity index is 2.27. The molecule has 0 spiro atoms. The first kappa shape index (κ1) is 17.8. The molecule has 0 atom stereocenters. The van der Waals surface area contributed by atoms with Gasteiger partial charge in [0.15, 0.2) is 0 Å². The number of amides is 1. The van der Waals surface area contributed by atoms with Crippen LogP contribution in [0.15, 0.2) is 53.4 Å². The number of carbonyl (C=O) groups excluding carboxylic acids is 1. The molecule has 1 N–H and O–H groups in total. The van der Waals surface area contributed by atoms with Crippen LogP contribution in [-0.2, 0) is 10.0 Å². The van der Waals surface area contributed by atoms with Gasteiger partial charge in [-0.3, -0.25) is 9.52 Å². The van der Waals surface area contributed by atoms with Crippen LogP contribution in [0, 0.1) is 0 Å². The van der Waals surface area contributed by atoms with E-state index in [9.17, 15) is 13.2 Å². The summed E-state index contributed by atoms with van der Waals surface area (Å²) in [5.41, 5.74) is 0.746. The Hall–Kier alpha value is -2.54. The molecule has 0 saturated heterocycles. The van der Waals surface area contributed by atoms with Gasteiger partial charge in [-0.2, -0.15) is 0 Å². The first-order valence-electron chi connectivity index (χ1n) is 7.39. The number of nitrogens with one attached hydrogen (secondary N) is 1. The number of anilines is 1. The van der Waals surface area contributed by atoms with Crippen molar-refractivity contribution in [2.75, 3.05) is 25.4 Å². The van der Waals surface area contributed by atoms with E-state index in [2.05, 4.69) is 4.72 Å². The number of rotatable bonds is 6. The second kappa shape index (κ2) is 7.35. The highest BCUT2D eigenvalue weighted by Crippen LogP contribution is 2.20. The van der Waals surface area contributed by atoms with E-state index < -0.39 is 10.0 Å². The molecule has 7 heteroatoms. The number of hydrogen-bond donors (Lipinski definition) is 1. The van der Waals surface area contributed by atoms with Gasteiger partial charge in [0, 0.05) is 24.8 Å². The first-order valence-corrected chi connectivity index (χ1v) is 8.88. The predicted molar refractivity (Wildman–Crippen MR) is 92.9 cm³/mol. The molecule has 0 aliphatic carbocycles. The van der Waals surface area contributed by atoms with E-state index >= 15 is 0 Å². The van der Waals surface area contributed by atoms with Crippen LogP contribution >= 0.6 is 0 Å². The van der Waals surface area contributed by atoms with Gasteiger partial charge in [-0.15, -0.1) is 0 Å². The molecule has 6 nitrogen and oxygen atoms in total. The van der Waals surface area contributed by atoms with Gasteiger partial charge < -0.3 is 9.64 Å². The van der Waals surface area contributed by atoms with Gasteiger partial charge >= 0.3 is 0 Å². The Morgan fingerprint density at radius 2 is 1.83 bits per heavy atom. The average molecular weight is 348 g/mol. The van der Waals surface area contributed by atoms with Crippen LogP contribution in [0.4, 0.5) is 5.69 Å². The van der Waals surface area contributed by atoms with Crippen molar-refractivity contribution in [3.63, 3.8) is 0 Å². The molecule has 2 aromatic carbocycles. The summed E-state index contributed by atoms with van der Waals surface area (Å²) in [6.07, 6.45) is 0. The van der Waals surface area contributed by atoms with Gasteiger partial charge in [0.2, 0.25) is 0 Å². The Bertz CT molecular complexity index is 817. The van der Waals surface area contributed by atoms with Crippen LogP contribution < -0.4 is 9.46 Å². The van der Waals surface area contributed by atoms with Crippen molar-refractivity contribution in [3.8, 4) is 5.75 Å². The molecule has 0 bridgehead atoms. The lowest BCUT2D eigenvalue weighted by molar-refractivity contribution is 0.0802. The Kier molecular flexibility index (Phi) is 5.46. The first-order chi connectivity index (χ1) is 11.4. The molecule has 0 fully saturated rings. The smallest absolute Gasteiger partial charge is 0.261 e. The summed E-state index contributed by atoms with van der Waals surface area (Å²) in [7, 11) is -0.580. The zero-order chi connectivity index (χ0) is 17.7. The van der Waals surface area contributed by atoms with E-state index in [1.54, 1.807) is 43.4 Å². The van der Waals surface area contributed by atoms with Crippen LogP contribution in [0.1, 0.15) is 17.3 Å². The Labute approximate surface area is 142 Å². The highest BCUT2D eigenvalue weighted by atomic mass is 32.2. The summed E-state index contributed by atoms with van der Waals surface area (Å²) in [5.74, 6) is 0.409. The number of benzene rings is 2. The van der Waals surface area contributed by atoms with Crippen molar-refractivity contribution in [1.82, 2.24) is 4.90 Å². The highest BCUT2D eigenvalue weighted by molar-refractivity contribution is 7.92. The minimum atomic E-state index is -3.78. The average Bonchev–Trinajstić information content (AvgIpc) is 2.61. The predicted octanol–water partition coefficient (Wildman–Crippen LogP) is 2.59. The largest absolute Gasteiger partial charge is 0.497 e. The zero-order valence-corrected chi connectivity index (χ0v) is 14.6. The van der Waals surface area contributed by atoms with Crippen LogP contribution in [0.3, 0.4) is 0 Å². The summed E-state index contributed by atoms with van der Waals surface area (Å²) in [6.45, 7) is 2.39. The molecular formula is C17H20N2O4S. The molecule has 1 amide bonds. The summed E-state index contributed by atoms with van der Waals surface area (Å²) in [4.78, 5) is 13.7. The van der Waals surface area contributed by atoms with E-state index in [1.807, 2.05) is 6.92 Å². The van der Waals surface area contributed by atoms with E-state index in [4.69, 9.17) is 4.74 Å². The fourth-order valence-electron chi connectivity index (χ4n) is 2.03. The monoisotopic (exact) mass is 348 g/mol. The third-order valence-electron chi connectivity index (χ3n) is 3.55. The van der Waals surface area contributed by atoms with E-state index in [1.165, 1.54) is 24.1 Å². The fourth-order valence-corrected chi connectivity index (χ4v) is 3.14. The van der Waals surface area contributed by atoms with Crippen LogP contribution in [0.5, 0.6) is 5.75 Å². The second-order valence-electron chi connectivity index (χ2n) is 5.18. The quantitative estimate of drug-likeness (QED) is 0.870. The van der Waals surface area contributed by atoms with Crippen molar-refractivity contribution >= 4 is 21.6 Å². The molecule has 0 aliphatic heterocycles. The molecule has 0 aromatic heterocycles. The molecular weight excluding hydrogens is 328 g/mol. The summed E-state index contributed by atoms with van der Waals surface area (Å²) < 4.78 is 32.5. The van der Waals surface area contributed by atoms with Crippen molar-refractivity contribution < 1.29 is 17.9 Å². The van der Waals surface area contributed by atoms with Gasteiger partial charge in [-0.05, 0) is 49.4 Å². The molecule has 24 heavy (non-hydrogen) atoms. The van der Waals surface area contributed by atoms with Crippen molar-refractivity contribution in [3.05, 3.63) is 54.1 Å². The maximum atomic E-state index is 12.5. The maximum absolute atomic E-state index is 12.5. The number of carbonyl (C=O) groups is 1. The standard InChI is InChI=1S/C17H20N2O4S/c1-4-19(2)17(20)13-6-5-7-16(12-13)24(21,22)18-14-8-10-15(23-3)11-9-14/h5-12,18H,4H2,1-3H3. The molecule has 0 saturated carbocycles. The zero-order valence-electron chi connectivity index (χ0n) is 13.8. The van der Waals surface area contributed by atoms with Crippen molar-refractivity contribution in [1.29, 1.82) is 0 Å². The van der Waals surface area contributed by atoms with Crippen LogP contribution in [-0.4, -0.2) is 39.9 Å². The fraction of sp³-hybridized carbons (Fsp3) is 0.235. The lowest BCUT2D eigenvalue weighted by Crippen LogP contribution is -2.26. The van der Waals surface area contributed by atoms with Crippen LogP contribution in [0.2, 0.25) is 0 Å². The molecule has 2 aromatic rings. The van der Waals surface area contributed by atoms with E-state index in [0.29, 0.717) is 23.5 Å². The molecule has 128 valence electrons. The number of hydrogen-bond acceptors (Lipinski definition) is 4.